The molecule has 0 aromatic carbocycles. The van der Waals surface area contributed by atoms with Gasteiger partial charge in [0.05, 0.1) is 0 Å². The average Bonchev–Trinajstić information content (AvgIpc) is 2.38. The van der Waals surface area contributed by atoms with E-state index in [0.717, 1.165) is 0 Å². The predicted molar refractivity (Wildman–Crippen MR) is 64.0 cm³/mol. The van der Waals surface area contributed by atoms with Crippen molar-refractivity contribution in [3.63, 3.8) is 0 Å². The summed E-state index contributed by atoms with van der Waals surface area (Å²) in [4.78, 5) is 12.0. The van der Waals surface area contributed by atoms with E-state index in [-0.39, 0.29) is 6.04 Å². The third kappa shape index (κ3) is 2.78. The van der Waals surface area contributed by atoms with Gasteiger partial charge in [-0.1, -0.05) is 25.3 Å². The van der Waals surface area contributed by atoms with E-state index in [0.29, 0.717) is 11.9 Å². The quantitative estimate of drug-likeness (QED) is 0.788. The van der Waals surface area contributed by atoms with Gasteiger partial charge < -0.3 is 5.32 Å². The van der Waals surface area contributed by atoms with E-state index in [1.807, 2.05) is 6.08 Å². The molecule has 1 atom stereocenters. The van der Waals surface area contributed by atoms with Crippen LogP contribution in [0.2, 0.25) is 0 Å². The summed E-state index contributed by atoms with van der Waals surface area (Å²) >= 11 is 0. The monoisotopic (exact) mass is 218 g/mol. The number of hydrogen-bond donors (Lipinski definition) is 1. The van der Waals surface area contributed by atoms with Crippen LogP contribution in [-0.4, -0.2) is 21.0 Å². The second kappa shape index (κ2) is 5.58. The first-order valence-electron chi connectivity index (χ1n) is 5.91. The maximum absolute atomic E-state index is 4.08. The third-order valence-corrected chi connectivity index (χ3v) is 3.20. The molecule has 1 aromatic rings. The van der Waals surface area contributed by atoms with Crippen LogP contribution in [0.25, 0.3) is 0 Å². The van der Waals surface area contributed by atoms with Gasteiger partial charge in [-0.2, -0.15) is 0 Å². The largest absolute Gasteiger partial charge is 0.348 e. The van der Waals surface area contributed by atoms with Gasteiger partial charge in [0, 0.05) is 6.04 Å². The summed E-state index contributed by atoms with van der Waals surface area (Å²) in [5.41, 5.74) is 0. The molecule has 1 unspecified atom stereocenters. The van der Waals surface area contributed by atoms with E-state index in [4.69, 9.17) is 0 Å². The van der Waals surface area contributed by atoms with Crippen LogP contribution in [0, 0.1) is 5.92 Å². The first-order chi connectivity index (χ1) is 7.90. The first-order valence-corrected chi connectivity index (χ1v) is 5.91. The Labute approximate surface area is 96.2 Å². The van der Waals surface area contributed by atoms with E-state index in [2.05, 4.69) is 26.8 Å². The molecule has 1 aliphatic rings. The first kappa shape index (κ1) is 11.0. The Hall–Kier alpha value is -1.45. The van der Waals surface area contributed by atoms with Gasteiger partial charge in [0.1, 0.15) is 12.7 Å². The molecule has 2 rings (SSSR count). The highest BCUT2D eigenvalue weighted by atomic mass is 15.1. The summed E-state index contributed by atoms with van der Waals surface area (Å²) in [7, 11) is 0. The molecule has 16 heavy (non-hydrogen) atoms. The molecule has 1 aromatic heterocycles. The lowest BCUT2D eigenvalue weighted by atomic mass is 9.84. The highest BCUT2D eigenvalue weighted by Gasteiger charge is 2.21. The van der Waals surface area contributed by atoms with Crippen LogP contribution >= 0.6 is 0 Å². The summed E-state index contributed by atoms with van der Waals surface area (Å²) in [6, 6.07) is 0.280. The molecule has 4 nitrogen and oxygen atoms in total. The molecular formula is C12H18N4. The zero-order valence-electron chi connectivity index (χ0n) is 9.47. The predicted octanol–water partition coefficient (Wildman–Crippen LogP) is 2.42. The van der Waals surface area contributed by atoms with Crippen molar-refractivity contribution in [1.82, 2.24) is 15.0 Å². The lowest BCUT2D eigenvalue weighted by molar-refractivity contribution is 0.342. The van der Waals surface area contributed by atoms with Crippen molar-refractivity contribution >= 4 is 5.95 Å². The van der Waals surface area contributed by atoms with E-state index in [1.54, 1.807) is 0 Å². The fourth-order valence-corrected chi connectivity index (χ4v) is 2.33. The molecule has 0 radical (unpaired) electrons. The molecule has 1 heterocycles. The SMILES string of the molecule is C=CC(Nc1ncncn1)C1CCCCC1. The van der Waals surface area contributed by atoms with Crippen molar-refractivity contribution < 1.29 is 0 Å². The van der Waals surface area contributed by atoms with Crippen LogP contribution in [-0.2, 0) is 0 Å². The Morgan fingerprint density at radius 3 is 2.56 bits per heavy atom. The normalized spacial score (nSPS) is 19.0. The maximum Gasteiger partial charge on any atom is 0.226 e. The summed E-state index contributed by atoms with van der Waals surface area (Å²) in [5, 5.41) is 3.32. The van der Waals surface area contributed by atoms with Crippen LogP contribution in [0.15, 0.2) is 25.3 Å². The van der Waals surface area contributed by atoms with Crippen molar-refractivity contribution in [3.8, 4) is 0 Å². The molecule has 86 valence electrons. The fourth-order valence-electron chi connectivity index (χ4n) is 2.33. The van der Waals surface area contributed by atoms with Crippen LogP contribution in [0.3, 0.4) is 0 Å². The molecule has 0 amide bonds. The Balaban J connectivity index is 1.97. The molecule has 0 bridgehead atoms. The van der Waals surface area contributed by atoms with Crippen LogP contribution < -0.4 is 5.32 Å². The third-order valence-electron chi connectivity index (χ3n) is 3.20. The van der Waals surface area contributed by atoms with Crippen LogP contribution in [0.4, 0.5) is 5.95 Å². The molecule has 0 aliphatic heterocycles. The van der Waals surface area contributed by atoms with E-state index < -0.39 is 0 Å². The Kier molecular flexibility index (Phi) is 3.86. The van der Waals surface area contributed by atoms with Gasteiger partial charge in [0.2, 0.25) is 5.95 Å². The van der Waals surface area contributed by atoms with E-state index in [9.17, 15) is 0 Å². The Morgan fingerprint density at radius 1 is 1.25 bits per heavy atom. The van der Waals surface area contributed by atoms with E-state index in [1.165, 1.54) is 44.8 Å². The van der Waals surface area contributed by atoms with Crippen LogP contribution in [0.5, 0.6) is 0 Å². The zero-order valence-corrected chi connectivity index (χ0v) is 9.47. The smallest absolute Gasteiger partial charge is 0.226 e. The molecule has 0 spiro atoms. The van der Waals surface area contributed by atoms with E-state index >= 15 is 0 Å². The van der Waals surface area contributed by atoms with Crippen molar-refractivity contribution in [1.29, 1.82) is 0 Å². The minimum Gasteiger partial charge on any atom is -0.348 e. The van der Waals surface area contributed by atoms with Crippen LogP contribution in [0.1, 0.15) is 32.1 Å². The van der Waals surface area contributed by atoms with Gasteiger partial charge in [-0.3, -0.25) is 0 Å². The molecule has 1 fully saturated rings. The average molecular weight is 218 g/mol. The molecular weight excluding hydrogens is 200 g/mol. The van der Waals surface area contributed by atoms with Gasteiger partial charge in [-0.15, -0.1) is 6.58 Å². The topological polar surface area (TPSA) is 50.7 Å². The van der Waals surface area contributed by atoms with Gasteiger partial charge in [0.25, 0.3) is 0 Å². The molecule has 4 heteroatoms. The van der Waals surface area contributed by atoms with Gasteiger partial charge in [-0.05, 0) is 18.8 Å². The standard InChI is InChI=1S/C12H18N4/c1-2-11(10-6-4-3-5-7-10)16-12-14-8-13-9-15-12/h2,8-11H,1,3-7H2,(H,13,14,15,16). The number of hydrogen-bond acceptors (Lipinski definition) is 4. The highest BCUT2D eigenvalue weighted by molar-refractivity contribution is 5.26. The number of nitrogens with zero attached hydrogens (tertiary/aromatic N) is 3. The molecule has 1 N–H and O–H groups in total. The van der Waals surface area contributed by atoms with Crippen molar-refractivity contribution in [2.75, 3.05) is 5.32 Å². The number of aromatic nitrogens is 3. The molecule has 1 saturated carbocycles. The number of rotatable bonds is 4. The Morgan fingerprint density at radius 2 is 1.94 bits per heavy atom. The minimum atomic E-state index is 0.280. The molecule has 0 saturated heterocycles. The van der Waals surface area contributed by atoms with Crippen molar-refractivity contribution in [2.24, 2.45) is 5.92 Å². The second-order valence-electron chi connectivity index (χ2n) is 4.27. The van der Waals surface area contributed by atoms with Crippen molar-refractivity contribution in [3.05, 3.63) is 25.3 Å². The highest BCUT2D eigenvalue weighted by Crippen LogP contribution is 2.27. The van der Waals surface area contributed by atoms with Gasteiger partial charge in [0.15, 0.2) is 0 Å². The maximum atomic E-state index is 4.08. The fraction of sp³-hybridized carbons (Fsp3) is 0.583. The lowest BCUT2D eigenvalue weighted by Crippen LogP contribution is -2.29. The zero-order chi connectivity index (χ0) is 11.2. The summed E-state index contributed by atoms with van der Waals surface area (Å²) in [5.74, 6) is 1.31. The minimum absolute atomic E-state index is 0.280. The van der Waals surface area contributed by atoms with Gasteiger partial charge in [-0.25, -0.2) is 15.0 Å². The summed E-state index contributed by atoms with van der Waals surface area (Å²) < 4.78 is 0. The lowest BCUT2D eigenvalue weighted by Gasteiger charge is -2.28. The number of nitrogens with one attached hydrogen (secondary N) is 1. The summed E-state index contributed by atoms with van der Waals surface area (Å²) in [6.07, 6.45) is 11.6. The number of anilines is 1. The van der Waals surface area contributed by atoms with Crippen molar-refractivity contribution in [2.45, 2.75) is 38.1 Å². The van der Waals surface area contributed by atoms with Gasteiger partial charge >= 0.3 is 0 Å². The summed E-state index contributed by atoms with van der Waals surface area (Å²) in [6.45, 7) is 3.90. The molecule has 1 aliphatic carbocycles. The Bertz CT molecular complexity index is 319. The second-order valence-corrected chi connectivity index (χ2v) is 4.27.